The van der Waals surface area contributed by atoms with E-state index in [1.54, 1.807) is 0 Å². The van der Waals surface area contributed by atoms with E-state index in [0.717, 1.165) is 23.0 Å². The first-order chi connectivity index (χ1) is 8.67. The molecule has 1 aromatic carbocycles. The second kappa shape index (κ2) is 5.59. The van der Waals surface area contributed by atoms with E-state index in [9.17, 15) is 0 Å². The molecule has 0 aliphatic carbocycles. The van der Waals surface area contributed by atoms with E-state index < -0.39 is 0 Å². The zero-order chi connectivity index (χ0) is 13.1. The molecule has 96 valence electrons. The third kappa shape index (κ3) is 2.44. The maximum Gasteiger partial charge on any atom is 0.106 e. The van der Waals surface area contributed by atoms with Crippen molar-refractivity contribution in [3.63, 3.8) is 0 Å². The Morgan fingerprint density at radius 3 is 2.50 bits per heavy atom. The SMILES string of the molecule is CCSc1ccc(-c2c(CN)nc(C)n2C)cc1. The van der Waals surface area contributed by atoms with E-state index in [0.29, 0.717) is 6.54 Å². The molecule has 0 saturated heterocycles. The third-order valence-electron chi connectivity index (χ3n) is 3.02. The summed E-state index contributed by atoms with van der Waals surface area (Å²) in [6, 6.07) is 8.61. The quantitative estimate of drug-likeness (QED) is 0.861. The monoisotopic (exact) mass is 261 g/mol. The smallest absolute Gasteiger partial charge is 0.106 e. The minimum absolute atomic E-state index is 0.475. The summed E-state index contributed by atoms with van der Waals surface area (Å²) in [5.74, 6) is 2.09. The van der Waals surface area contributed by atoms with Crippen LogP contribution in [0.1, 0.15) is 18.4 Å². The number of aromatic nitrogens is 2. The Bertz CT molecular complexity index is 529. The van der Waals surface area contributed by atoms with Crippen molar-refractivity contribution in [3.05, 3.63) is 35.8 Å². The summed E-state index contributed by atoms with van der Waals surface area (Å²) < 4.78 is 2.10. The lowest BCUT2D eigenvalue weighted by atomic mass is 10.1. The number of imidazole rings is 1. The highest BCUT2D eigenvalue weighted by Gasteiger charge is 2.12. The van der Waals surface area contributed by atoms with Crippen molar-refractivity contribution in [3.8, 4) is 11.3 Å². The van der Waals surface area contributed by atoms with Gasteiger partial charge in [0, 0.05) is 24.1 Å². The van der Waals surface area contributed by atoms with Gasteiger partial charge in [-0.25, -0.2) is 4.98 Å². The molecule has 0 fully saturated rings. The van der Waals surface area contributed by atoms with Crippen LogP contribution in [0.25, 0.3) is 11.3 Å². The maximum absolute atomic E-state index is 5.77. The average molecular weight is 261 g/mol. The minimum atomic E-state index is 0.475. The number of rotatable bonds is 4. The van der Waals surface area contributed by atoms with Crippen LogP contribution in [-0.2, 0) is 13.6 Å². The van der Waals surface area contributed by atoms with E-state index in [1.807, 2.05) is 25.7 Å². The van der Waals surface area contributed by atoms with Crippen LogP contribution in [0.5, 0.6) is 0 Å². The second-order valence-corrected chi connectivity index (χ2v) is 5.51. The molecule has 0 amide bonds. The lowest BCUT2D eigenvalue weighted by Gasteiger charge is -2.07. The van der Waals surface area contributed by atoms with Gasteiger partial charge in [0.1, 0.15) is 5.82 Å². The van der Waals surface area contributed by atoms with Gasteiger partial charge in [0.2, 0.25) is 0 Å². The van der Waals surface area contributed by atoms with E-state index in [-0.39, 0.29) is 0 Å². The Morgan fingerprint density at radius 1 is 1.28 bits per heavy atom. The van der Waals surface area contributed by atoms with Crippen LogP contribution in [0.3, 0.4) is 0 Å². The molecule has 1 heterocycles. The number of nitrogens with two attached hydrogens (primary N) is 1. The van der Waals surface area contributed by atoms with Crippen molar-refractivity contribution >= 4 is 11.8 Å². The van der Waals surface area contributed by atoms with E-state index in [4.69, 9.17) is 5.73 Å². The van der Waals surface area contributed by atoms with Crippen LogP contribution in [0.2, 0.25) is 0 Å². The molecule has 3 nitrogen and oxygen atoms in total. The Kier molecular flexibility index (Phi) is 4.09. The van der Waals surface area contributed by atoms with Crippen molar-refractivity contribution in [1.29, 1.82) is 0 Å². The topological polar surface area (TPSA) is 43.8 Å². The minimum Gasteiger partial charge on any atom is -0.331 e. The molecule has 1 aromatic heterocycles. The molecule has 0 saturated carbocycles. The molecule has 0 radical (unpaired) electrons. The van der Waals surface area contributed by atoms with Gasteiger partial charge in [-0.05, 0) is 24.8 Å². The predicted molar refractivity (Wildman–Crippen MR) is 77.7 cm³/mol. The standard InChI is InChI=1S/C14H19N3S/c1-4-18-12-7-5-11(6-8-12)14-13(9-15)16-10(2)17(14)3/h5-8H,4,9,15H2,1-3H3. The third-order valence-corrected chi connectivity index (χ3v) is 3.92. The molecule has 2 N–H and O–H groups in total. The van der Waals surface area contributed by atoms with Gasteiger partial charge in [-0.15, -0.1) is 11.8 Å². The Balaban J connectivity index is 2.42. The van der Waals surface area contributed by atoms with Crippen LogP contribution in [0.15, 0.2) is 29.2 Å². The molecule has 0 aliphatic rings. The van der Waals surface area contributed by atoms with Gasteiger partial charge in [-0.2, -0.15) is 0 Å². The summed E-state index contributed by atoms with van der Waals surface area (Å²) in [6.45, 7) is 4.64. The molecule has 0 bridgehead atoms. The van der Waals surface area contributed by atoms with Gasteiger partial charge in [0.05, 0.1) is 11.4 Å². The Hall–Kier alpha value is -1.26. The number of aryl methyl sites for hydroxylation is 1. The molecular weight excluding hydrogens is 242 g/mol. The number of hydrogen-bond donors (Lipinski definition) is 1. The van der Waals surface area contributed by atoms with Gasteiger partial charge in [0.25, 0.3) is 0 Å². The molecule has 0 atom stereocenters. The van der Waals surface area contributed by atoms with Crippen LogP contribution in [-0.4, -0.2) is 15.3 Å². The zero-order valence-corrected chi connectivity index (χ0v) is 11.9. The lowest BCUT2D eigenvalue weighted by molar-refractivity contribution is 0.865. The van der Waals surface area contributed by atoms with E-state index >= 15 is 0 Å². The van der Waals surface area contributed by atoms with Crippen LogP contribution >= 0.6 is 11.8 Å². The van der Waals surface area contributed by atoms with Gasteiger partial charge in [-0.3, -0.25) is 0 Å². The first-order valence-corrected chi connectivity index (χ1v) is 7.11. The highest BCUT2D eigenvalue weighted by atomic mass is 32.2. The molecular formula is C14H19N3S. The second-order valence-electron chi connectivity index (χ2n) is 4.17. The summed E-state index contributed by atoms with van der Waals surface area (Å²) in [5, 5.41) is 0. The van der Waals surface area contributed by atoms with Crippen LogP contribution < -0.4 is 5.73 Å². The fourth-order valence-electron chi connectivity index (χ4n) is 2.06. The molecule has 2 aromatic rings. The number of thioether (sulfide) groups is 1. The highest BCUT2D eigenvalue weighted by Crippen LogP contribution is 2.27. The largest absolute Gasteiger partial charge is 0.331 e. The Morgan fingerprint density at radius 2 is 1.94 bits per heavy atom. The van der Waals surface area contributed by atoms with Crippen molar-refractivity contribution in [2.24, 2.45) is 12.8 Å². The molecule has 0 spiro atoms. The van der Waals surface area contributed by atoms with Crippen LogP contribution in [0, 0.1) is 6.92 Å². The van der Waals surface area contributed by atoms with Gasteiger partial charge in [0.15, 0.2) is 0 Å². The first-order valence-electron chi connectivity index (χ1n) is 6.12. The van der Waals surface area contributed by atoms with Gasteiger partial charge in [-0.1, -0.05) is 19.1 Å². The summed E-state index contributed by atoms with van der Waals surface area (Å²) in [7, 11) is 2.03. The number of hydrogen-bond acceptors (Lipinski definition) is 3. The van der Waals surface area contributed by atoms with Crippen molar-refractivity contribution in [1.82, 2.24) is 9.55 Å². The maximum atomic E-state index is 5.77. The first kappa shape index (κ1) is 13.2. The normalized spacial score (nSPS) is 10.9. The van der Waals surface area contributed by atoms with Crippen molar-refractivity contribution in [2.75, 3.05) is 5.75 Å². The molecule has 2 rings (SSSR count). The van der Waals surface area contributed by atoms with E-state index in [2.05, 4.69) is 40.7 Å². The highest BCUT2D eigenvalue weighted by molar-refractivity contribution is 7.99. The zero-order valence-electron chi connectivity index (χ0n) is 11.1. The molecule has 0 aliphatic heterocycles. The fraction of sp³-hybridized carbons (Fsp3) is 0.357. The number of nitrogens with zero attached hydrogens (tertiary/aromatic N) is 2. The summed E-state index contributed by atoms with van der Waals surface area (Å²) in [5.41, 5.74) is 9.04. The van der Waals surface area contributed by atoms with Crippen LogP contribution in [0.4, 0.5) is 0 Å². The van der Waals surface area contributed by atoms with E-state index in [1.165, 1.54) is 10.5 Å². The molecule has 0 unspecified atom stereocenters. The fourth-order valence-corrected chi connectivity index (χ4v) is 2.72. The predicted octanol–water partition coefficient (Wildman–Crippen LogP) is 2.97. The summed E-state index contributed by atoms with van der Waals surface area (Å²) >= 11 is 1.85. The Labute approximate surface area is 112 Å². The summed E-state index contributed by atoms with van der Waals surface area (Å²) in [4.78, 5) is 5.80. The van der Waals surface area contributed by atoms with Crippen molar-refractivity contribution in [2.45, 2.75) is 25.3 Å². The average Bonchev–Trinajstić information content (AvgIpc) is 2.67. The van der Waals surface area contributed by atoms with Gasteiger partial charge >= 0.3 is 0 Å². The van der Waals surface area contributed by atoms with Gasteiger partial charge < -0.3 is 10.3 Å². The molecule has 18 heavy (non-hydrogen) atoms. The summed E-state index contributed by atoms with van der Waals surface area (Å²) in [6.07, 6.45) is 0. The lowest BCUT2D eigenvalue weighted by Crippen LogP contribution is -2.00. The van der Waals surface area contributed by atoms with Crippen molar-refractivity contribution < 1.29 is 0 Å². The number of benzene rings is 1. The molecule has 4 heteroatoms.